The molecule has 2 saturated carbocycles. The number of nitrogens with one attached hydrogen (secondary N) is 2. The van der Waals surface area contributed by atoms with Gasteiger partial charge in [-0.1, -0.05) is 38.0 Å². The number of carbonyl (C=O) groups excluding carboxylic acids is 2. The predicted octanol–water partition coefficient (Wildman–Crippen LogP) is 4.46. The van der Waals surface area contributed by atoms with E-state index in [0.29, 0.717) is 46.4 Å². The lowest BCUT2D eigenvalue weighted by Crippen LogP contribution is -2.33. The smallest absolute Gasteiger partial charge is 0.251 e. The highest BCUT2D eigenvalue weighted by Gasteiger charge is 2.33. The summed E-state index contributed by atoms with van der Waals surface area (Å²) in [6.07, 6.45) is 4.30. The molecule has 2 amide bonds. The highest BCUT2D eigenvalue weighted by Crippen LogP contribution is 2.39. The molecule has 0 spiro atoms. The van der Waals surface area contributed by atoms with Crippen LogP contribution >= 0.6 is 0 Å². The Bertz CT molecular complexity index is 1130. The molecule has 0 radical (unpaired) electrons. The van der Waals surface area contributed by atoms with Gasteiger partial charge in [0.1, 0.15) is 12.1 Å². The predicted molar refractivity (Wildman–Crippen MR) is 129 cm³/mol. The molecule has 2 aliphatic rings. The molecule has 2 atom stereocenters. The minimum Gasteiger partial charge on any atom is -0.340 e. The second-order valence-electron chi connectivity index (χ2n) is 10.5. The first kappa shape index (κ1) is 24.1. The summed E-state index contributed by atoms with van der Waals surface area (Å²) < 4.78 is 10.9. The van der Waals surface area contributed by atoms with Crippen molar-refractivity contribution in [2.75, 3.05) is 0 Å². The molecular weight excluding hydrogens is 460 g/mol. The number of amides is 2. The van der Waals surface area contributed by atoms with Crippen LogP contribution in [0.4, 0.5) is 0 Å². The molecule has 10 heteroatoms. The van der Waals surface area contributed by atoms with E-state index in [0.717, 1.165) is 25.7 Å². The minimum absolute atomic E-state index is 0.0598. The maximum Gasteiger partial charge on any atom is 0.251 e. The summed E-state index contributed by atoms with van der Waals surface area (Å²) in [5.41, 5.74) is 0.871. The van der Waals surface area contributed by atoms with Gasteiger partial charge < -0.3 is 19.7 Å². The van der Waals surface area contributed by atoms with Crippen molar-refractivity contribution >= 4 is 11.8 Å². The van der Waals surface area contributed by atoms with Gasteiger partial charge in [0, 0.05) is 23.0 Å². The van der Waals surface area contributed by atoms with Crippen LogP contribution in [-0.4, -0.2) is 32.1 Å². The van der Waals surface area contributed by atoms with E-state index in [9.17, 15) is 9.59 Å². The number of hydrogen-bond acceptors (Lipinski definition) is 8. The van der Waals surface area contributed by atoms with Crippen molar-refractivity contribution in [2.24, 2.45) is 11.8 Å². The standard InChI is InChI=1S/C26H32N6O4/c1-13(2)19(25-29-21(31-35-25)15-5-6-15)27-23(33)17-9-11-18(12-10-17)24(34)28-20(14(3)4)26-30-22(32-36-26)16-7-8-16/h9-16,19-20H,5-8H2,1-4H3,(H,27,33)(H,28,34). The number of nitrogens with zero attached hydrogens (tertiary/aromatic N) is 4. The molecule has 0 bridgehead atoms. The molecule has 2 unspecified atom stereocenters. The van der Waals surface area contributed by atoms with Gasteiger partial charge >= 0.3 is 0 Å². The van der Waals surface area contributed by atoms with Crippen LogP contribution in [0.25, 0.3) is 0 Å². The molecule has 10 nitrogen and oxygen atoms in total. The van der Waals surface area contributed by atoms with Crippen LogP contribution in [0.3, 0.4) is 0 Å². The Hall–Kier alpha value is -3.56. The Morgan fingerprint density at radius 3 is 1.39 bits per heavy atom. The van der Waals surface area contributed by atoms with E-state index in [1.165, 1.54) is 0 Å². The van der Waals surface area contributed by atoms with Gasteiger partial charge in [0.2, 0.25) is 11.8 Å². The molecular formula is C26H32N6O4. The maximum atomic E-state index is 13.0. The Morgan fingerprint density at radius 2 is 1.08 bits per heavy atom. The summed E-state index contributed by atoms with van der Waals surface area (Å²) in [7, 11) is 0. The molecule has 190 valence electrons. The summed E-state index contributed by atoms with van der Waals surface area (Å²) >= 11 is 0. The molecule has 0 aliphatic heterocycles. The second-order valence-corrected chi connectivity index (χ2v) is 10.5. The van der Waals surface area contributed by atoms with E-state index in [1.807, 2.05) is 27.7 Å². The van der Waals surface area contributed by atoms with Crippen molar-refractivity contribution in [3.05, 3.63) is 58.8 Å². The Morgan fingerprint density at radius 1 is 0.722 bits per heavy atom. The fraction of sp³-hybridized carbons (Fsp3) is 0.538. The molecule has 2 N–H and O–H groups in total. The molecule has 1 aromatic carbocycles. The quantitative estimate of drug-likeness (QED) is 0.423. The van der Waals surface area contributed by atoms with Crippen LogP contribution in [0.15, 0.2) is 33.3 Å². The topological polar surface area (TPSA) is 136 Å². The summed E-state index contributed by atoms with van der Waals surface area (Å²) in [5, 5.41) is 14.1. The van der Waals surface area contributed by atoms with Gasteiger partial charge in [-0.2, -0.15) is 9.97 Å². The lowest BCUT2D eigenvalue weighted by atomic mass is 10.0. The Kier molecular flexibility index (Phi) is 6.59. The van der Waals surface area contributed by atoms with Crippen LogP contribution in [-0.2, 0) is 0 Å². The molecule has 0 saturated heterocycles. The van der Waals surface area contributed by atoms with Crippen molar-refractivity contribution in [3.63, 3.8) is 0 Å². The first-order valence-corrected chi connectivity index (χ1v) is 12.7. The molecule has 5 rings (SSSR count). The maximum absolute atomic E-state index is 13.0. The highest BCUT2D eigenvalue weighted by atomic mass is 16.5. The third kappa shape index (κ3) is 5.32. The van der Waals surface area contributed by atoms with Crippen LogP contribution in [0.5, 0.6) is 0 Å². The molecule has 2 fully saturated rings. The van der Waals surface area contributed by atoms with Gasteiger partial charge in [-0.15, -0.1) is 0 Å². The third-order valence-corrected chi connectivity index (χ3v) is 6.65. The van der Waals surface area contributed by atoms with E-state index in [1.54, 1.807) is 24.3 Å². The van der Waals surface area contributed by atoms with Crippen LogP contribution < -0.4 is 10.6 Å². The van der Waals surface area contributed by atoms with Gasteiger partial charge in [-0.3, -0.25) is 9.59 Å². The monoisotopic (exact) mass is 492 g/mol. The minimum atomic E-state index is -0.401. The van der Waals surface area contributed by atoms with Gasteiger partial charge in [0.25, 0.3) is 11.8 Å². The van der Waals surface area contributed by atoms with Crippen molar-refractivity contribution in [3.8, 4) is 0 Å². The number of aromatic nitrogens is 4. The van der Waals surface area contributed by atoms with E-state index < -0.39 is 12.1 Å². The van der Waals surface area contributed by atoms with Crippen LogP contribution in [0, 0.1) is 11.8 Å². The summed E-state index contributed by atoms with van der Waals surface area (Å²) in [6.45, 7) is 7.95. The van der Waals surface area contributed by atoms with Gasteiger partial charge in [0.05, 0.1) is 0 Å². The normalized spacial score (nSPS) is 17.3. The second kappa shape index (κ2) is 9.83. The summed E-state index contributed by atoms with van der Waals surface area (Å²) in [4.78, 5) is 34.9. The summed E-state index contributed by atoms with van der Waals surface area (Å²) in [6, 6.07) is 5.73. The summed E-state index contributed by atoms with van der Waals surface area (Å²) in [5.74, 6) is 2.59. The van der Waals surface area contributed by atoms with E-state index >= 15 is 0 Å². The zero-order valence-corrected chi connectivity index (χ0v) is 21.0. The highest BCUT2D eigenvalue weighted by molar-refractivity contribution is 5.98. The fourth-order valence-corrected chi connectivity index (χ4v) is 4.01. The zero-order valence-electron chi connectivity index (χ0n) is 21.0. The van der Waals surface area contributed by atoms with Gasteiger partial charge in [-0.25, -0.2) is 0 Å². The van der Waals surface area contributed by atoms with Crippen molar-refractivity contribution < 1.29 is 18.6 Å². The number of carbonyl (C=O) groups is 2. The van der Waals surface area contributed by atoms with E-state index in [2.05, 4.69) is 30.9 Å². The van der Waals surface area contributed by atoms with E-state index in [-0.39, 0.29) is 23.7 Å². The average molecular weight is 493 g/mol. The molecule has 2 heterocycles. The van der Waals surface area contributed by atoms with E-state index in [4.69, 9.17) is 9.05 Å². The SMILES string of the molecule is CC(C)C(NC(=O)c1ccc(C(=O)NC(c2nc(C3CC3)no2)C(C)C)cc1)c1nc(C2CC2)no1. The van der Waals surface area contributed by atoms with Crippen LogP contribution in [0.1, 0.15) is 121 Å². The van der Waals surface area contributed by atoms with Crippen molar-refractivity contribution in [1.82, 2.24) is 30.9 Å². The molecule has 2 aromatic heterocycles. The largest absolute Gasteiger partial charge is 0.340 e. The lowest BCUT2D eigenvalue weighted by Gasteiger charge is -2.19. The third-order valence-electron chi connectivity index (χ3n) is 6.65. The Labute approximate surface area is 209 Å². The van der Waals surface area contributed by atoms with Crippen molar-refractivity contribution in [1.29, 1.82) is 0 Å². The van der Waals surface area contributed by atoms with Gasteiger partial charge in [-0.05, 0) is 61.8 Å². The average Bonchev–Trinajstić information content (AvgIpc) is 3.80. The molecule has 2 aliphatic carbocycles. The number of benzene rings is 1. The first-order chi connectivity index (χ1) is 17.3. The number of hydrogen-bond donors (Lipinski definition) is 2. The molecule has 3 aromatic rings. The van der Waals surface area contributed by atoms with Gasteiger partial charge in [0.15, 0.2) is 11.6 Å². The van der Waals surface area contributed by atoms with Crippen LogP contribution in [0.2, 0.25) is 0 Å². The van der Waals surface area contributed by atoms with Crippen molar-refractivity contribution in [2.45, 2.75) is 77.3 Å². The fourth-order valence-electron chi connectivity index (χ4n) is 4.01. The Balaban J connectivity index is 1.23. The zero-order chi connectivity index (χ0) is 25.4. The first-order valence-electron chi connectivity index (χ1n) is 12.7. The lowest BCUT2D eigenvalue weighted by molar-refractivity contribution is 0.0902. The number of rotatable bonds is 10. The molecule has 36 heavy (non-hydrogen) atoms.